The number of hydrogen-bond acceptors (Lipinski definition) is 1. The van der Waals surface area contributed by atoms with Gasteiger partial charge in [0, 0.05) is 23.6 Å². The molecule has 0 aromatic carbocycles. The lowest BCUT2D eigenvalue weighted by Gasteiger charge is -2.30. The zero-order valence-corrected chi connectivity index (χ0v) is 13.1. The van der Waals surface area contributed by atoms with Crippen LogP contribution in [0.1, 0.15) is 38.4 Å². The molecule has 1 aromatic rings. The first-order valence-electron chi connectivity index (χ1n) is 6.71. The van der Waals surface area contributed by atoms with E-state index in [0.29, 0.717) is 5.92 Å². The van der Waals surface area contributed by atoms with Crippen molar-refractivity contribution in [3.05, 3.63) is 33.7 Å². The number of aromatic nitrogens is 1. The number of rotatable bonds is 3. The normalized spacial score (nSPS) is 16.7. The van der Waals surface area contributed by atoms with Gasteiger partial charge in [0.2, 0.25) is 0 Å². The average Bonchev–Trinajstić information content (AvgIpc) is 2.74. The van der Waals surface area contributed by atoms with Crippen LogP contribution >= 0.6 is 15.9 Å². The van der Waals surface area contributed by atoms with Crippen LogP contribution in [0.3, 0.4) is 0 Å². The number of alkyl halides is 1. The minimum atomic E-state index is 0.158. The fourth-order valence-electron chi connectivity index (χ4n) is 2.61. The highest BCUT2D eigenvalue weighted by Crippen LogP contribution is 2.30. The van der Waals surface area contributed by atoms with Crippen molar-refractivity contribution >= 4 is 15.9 Å². The van der Waals surface area contributed by atoms with Gasteiger partial charge in [-0.2, -0.15) is 0 Å². The fraction of sp³-hybridized carbons (Fsp3) is 0.667. The molecule has 0 N–H and O–H groups in total. The zero-order valence-electron chi connectivity index (χ0n) is 11.5. The molecule has 0 saturated carbocycles. The van der Waals surface area contributed by atoms with Gasteiger partial charge in [-0.25, -0.2) is 0 Å². The highest BCUT2D eigenvalue weighted by molar-refractivity contribution is 9.09. The van der Waals surface area contributed by atoms with E-state index in [0.717, 1.165) is 24.7 Å². The van der Waals surface area contributed by atoms with Crippen LogP contribution in [0.25, 0.3) is 0 Å². The minimum absolute atomic E-state index is 0.158. The Bertz CT molecular complexity index is 484. The quantitative estimate of drug-likeness (QED) is 0.784. The second-order valence-corrected chi connectivity index (χ2v) is 6.97. The number of fused-ring (bicyclic) bond motifs is 1. The molecule has 3 heteroatoms. The van der Waals surface area contributed by atoms with Crippen molar-refractivity contribution in [2.45, 2.75) is 46.6 Å². The monoisotopic (exact) mass is 311 g/mol. The lowest BCUT2D eigenvalue weighted by atomic mass is 9.82. The number of nitrogens with zero attached hydrogens (tertiary/aromatic N) is 1. The molecule has 1 aliphatic rings. The van der Waals surface area contributed by atoms with E-state index in [4.69, 9.17) is 0 Å². The number of hydrogen-bond donors (Lipinski definition) is 0. The second kappa shape index (κ2) is 5.20. The van der Waals surface area contributed by atoms with Crippen molar-refractivity contribution in [2.24, 2.45) is 11.3 Å². The van der Waals surface area contributed by atoms with Gasteiger partial charge in [0.25, 0.3) is 5.56 Å². The van der Waals surface area contributed by atoms with Crippen LogP contribution in [0.5, 0.6) is 0 Å². The number of pyridine rings is 1. The largest absolute Gasteiger partial charge is 0.312 e. The van der Waals surface area contributed by atoms with Gasteiger partial charge >= 0.3 is 0 Å². The Morgan fingerprint density at radius 3 is 2.67 bits per heavy atom. The van der Waals surface area contributed by atoms with E-state index in [2.05, 4.69) is 36.7 Å². The molecule has 1 heterocycles. The third-order valence-electron chi connectivity index (χ3n) is 4.06. The van der Waals surface area contributed by atoms with Crippen LogP contribution in [0.15, 0.2) is 16.9 Å². The van der Waals surface area contributed by atoms with E-state index < -0.39 is 0 Å². The Morgan fingerprint density at radius 2 is 2.06 bits per heavy atom. The van der Waals surface area contributed by atoms with Crippen molar-refractivity contribution in [1.82, 2.24) is 4.57 Å². The van der Waals surface area contributed by atoms with Crippen LogP contribution in [-0.2, 0) is 19.4 Å². The summed E-state index contributed by atoms with van der Waals surface area (Å²) in [5.41, 5.74) is 3.02. The molecule has 2 rings (SSSR count). The second-order valence-electron chi connectivity index (χ2n) is 6.32. The van der Waals surface area contributed by atoms with E-state index in [1.807, 2.05) is 10.6 Å². The third-order valence-corrected chi connectivity index (χ3v) is 4.84. The lowest BCUT2D eigenvalue weighted by molar-refractivity contribution is 0.235. The molecular weight excluding hydrogens is 290 g/mol. The molecule has 1 aromatic heterocycles. The van der Waals surface area contributed by atoms with Crippen molar-refractivity contribution in [3.63, 3.8) is 0 Å². The molecule has 0 amide bonds. The SMILES string of the molecule is CC(C)(C)C(CBr)Cn1c2c(ccc1=O)CCC2. The summed E-state index contributed by atoms with van der Waals surface area (Å²) < 4.78 is 2.01. The van der Waals surface area contributed by atoms with Gasteiger partial charge in [-0.15, -0.1) is 0 Å². The molecule has 18 heavy (non-hydrogen) atoms. The molecule has 0 aliphatic heterocycles. The Morgan fingerprint density at radius 1 is 1.33 bits per heavy atom. The molecule has 1 unspecified atom stereocenters. The highest BCUT2D eigenvalue weighted by Gasteiger charge is 2.26. The Labute approximate surface area is 118 Å². The summed E-state index contributed by atoms with van der Waals surface area (Å²) in [7, 11) is 0. The van der Waals surface area contributed by atoms with Gasteiger partial charge in [-0.05, 0) is 36.2 Å². The summed E-state index contributed by atoms with van der Waals surface area (Å²) in [6, 6.07) is 3.75. The molecule has 100 valence electrons. The van der Waals surface area contributed by atoms with Crippen molar-refractivity contribution in [3.8, 4) is 0 Å². The van der Waals surface area contributed by atoms with Crippen LogP contribution in [0.2, 0.25) is 0 Å². The molecule has 0 spiro atoms. The van der Waals surface area contributed by atoms with Gasteiger partial charge in [-0.3, -0.25) is 4.79 Å². The van der Waals surface area contributed by atoms with E-state index >= 15 is 0 Å². The first kappa shape index (κ1) is 13.9. The minimum Gasteiger partial charge on any atom is -0.312 e. The van der Waals surface area contributed by atoms with Crippen molar-refractivity contribution in [1.29, 1.82) is 0 Å². The molecule has 0 radical (unpaired) electrons. The van der Waals surface area contributed by atoms with Crippen LogP contribution in [-0.4, -0.2) is 9.90 Å². The van der Waals surface area contributed by atoms with Gasteiger partial charge < -0.3 is 4.57 Å². The lowest BCUT2D eigenvalue weighted by Crippen LogP contribution is -2.33. The average molecular weight is 312 g/mol. The van der Waals surface area contributed by atoms with Gasteiger partial charge in [0.1, 0.15) is 0 Å². The van der Waals surface area contributed by atoms with Gasteiger partial charge in [-0.1, -0.05) is 42.8 Å². The maximum atomic E-state index is 12.1. The summed E-state index contributed by atoms with van der Waals surface area (Å²) in [6.45, 7) is 7.56. The van der Waals surface area contributed by atoms with Crippen LogP contribution in [0.4, 0.5) is 0 Å². The van der Waals surface area contributed by atoms with Gasteiger partial charge in [0.05, 0.1) is 0 Å². The first-order valence-corrected chi connectivity index (χ1v) is 7.83. The summed E-state index contributed by atoms with van der Waals surface area (Å²) in [4.78, 5) is 12.1. The van der Waals surface area contributed by atoms with E-state index in [1.165, 1.54) is 17.7 Å². The summed E-state index contributed by atoms with van der Waals surface area (Å²) in [5.74, 6) is 0.474. The van der Waals surface area contributed by atoms with Crippen LogP contribution < -0.4 is 5.56 Å². The summed E-state index contributed by atoms with van der Waals surface area (Å²) in [6.07, 6.45) is 3.38. The molecule has 0 saturated heterocycles. The smallest absolute Gasteiger partial charge is 0.250 e. The molecule has 0 fully saturated rings. The van der Waals surface area contributed by atoms with Crippen molar-refractivity contribution in [2.75, 3.05) is 5.33 Å². The predicted octanol–water partition coefficient (Wildman–Crippen LogP) is 3.39. The molecule has 0 bridgehead atoms. The summed E-state index contributed by atoms with van der Waals surface area (Å²) in [5, 5.41) is 0.937. The van der Waals surface area contributed by atoms with E-state index in [-0.39, 0.29) is 11.0 Å². The maximum Gasteiger partial charge on any atom is 0.250 e. The molecular formula is C15H22BrNO. The number of halogens is 1. The molecule has 1 aliphatic carbocycles. The third kappa shape index (κ3) is 2.71. The van der Waals surface area contributed by atoms with Crippen LogP contribution in [0, 0.1) is 11.3 Å². The van der Waals surface area contributed by atoms with E-state index in [1.54, 1.807) is 6.07 Å². The number of aryl methyl sites for hydroxylation is 1. The van der Waals surface area contributed by atoms with Crippen molar-refractivity contribution < 1.29 is 0 Å². The highest BCUT2D eigenvalue weighted by atomic mass is 79.9. The fourth-order valence-corrected chi connectivity index (χ4v) is 3.78. The van der Waals surface area contributed by atoms with E-state index in [9.17, 15) is 4.79 Å². The first-order chi connectivity index (χ1) is 8.43. The summed E-state index contributed by atoms with van der Waals surface area (Å²) >= 11 is 3.60. The molecule has 2 nitrogen and oxygen atoms in total. The molecule has 1 atom stereocenters. The Kier molecular flexibility index (Phi) is 4.00. The maximum absolute atomic E-state index is 12.1. The zero-order chi connectivity index (χ0) is 13.3. The Hall–Kier alpha value is -0.570. The Balaban J connectivity index is 2.35. The predicted molar refractivity (Wildman–Crippen MR) is 79.5 cm³/mol. The standard InChI is InChI=1S/C15H22BrNO/c1-15(2,3)12(9-16)10-17-13-6-4-5-11(13)7-8-14(17)18/h7-8,12H,4-6,9-10H2,1-3H3. The topological polar surface area (TPSA) is 22.0 Å². The van der Waals surface area contributed by atoms with Gasteiger partial charge in [0.15, 0.2) is 0 Å².